The molecule has 0 saturated heterocycles. The van der Waals surface area contributed by atoms with Gasteiger partial charge in [-0.15, -0.1) is 0 Å². The average molecular weight is 440 g/mol. The molecule has 0 atom stereocenters. The quantitative estimate of drug-likeness (QED) is 0.715. The van der Waals surface area contributed by atoms with Gasteiger partial charge >= 0.3 is 0 Å². The molecular weight excluding hydrogens is 424 g/mol. The number of hydrogen-bond donors (Lipinski definition) is 2. The second-order valence-corrected chi connectivity index (χ2v) is 6.86. The largest absolute Gasteiger partial charge is 0.326 e. The molecule has 0 fully saturated rings. The van der Waals surface area contributed by atoms with E-state index in [9.17, 15) is 18.0 Å². The van der Waals surface area contributed by atoms with Gasteiger partial charge in [0.2, 0.25) is 21.7 Å². The second kappa shape index (κ2) is 8.25. The Kier molecular flexibility index (Phi) is 6.92. The van der Waals surface area contributed by atoms with Gasteiger partial charge < -0.3 is 10.6 Å². The van der Waals surface area contributed by atoms with E-state index in [2.05, 4.69) is 10.6 Å². The molecule has 24 heavy (non-hydrogen) atoms. The first kappa shape index (κ1) is 20.1. The van der Waals surface area contributed by atoms with Gasteiger partial charge in [0.05, 0.1) is 9.79 Å². The van der Waals surface area contributed by atoms with Crippen LogP contribution in [0, 0.1) is 0 Å². The van der Waals surface area contributed by atoms with Crippen molar-refractivity contribution in [2.24, 2.45) is 0 Å². The fraction of sp³-hybridized carbons (Fsp3) is 0.125. The van der Waals surface area contributed by atoms with E-state index in [1.807, 2.05) is 0 Å². The molecule has 2 aromatic carbocycles. The molecule has 0 unspecified atom stereocenters. The fourth-order valence-electron chi connectivity index (χ4n) is 1.98. The van der Waals surface area contributed by atoms with E-state index in [1.165, 1.54) is 62.4 Å². The van der Waals surface area contributed by atoms with Crippen LogP contribution in [0.5, 0.6) is 0 Å². The van der Waals surface area contributed by atoms with Crippen LogP contribution in [0.1, 0.15) is 13.8 Å². The fourth-order valence-corrected chi connectivity index (χ4v) is 3.24. The number of carbonyl (C=O) groups excluding carboxylic acids is 2. The van der Waals surface area contributed by atoms with Crippen molar-refractivity contribution < 1.29 is 40.4 Å². The molecular formula is C16H16AgN2O4S. The molecule has 0 bridgehead atoms. The molecule has 0 aliphatic carbocycles. The Morgan fingerprint density at radius 1 is 0.708 bits per heavy atom. The van der Waals surface area contributed by atoms with Crippen molar-refractivity contribution in [2.75, 3.05) is 10.6 Å². The van der Waals surface area contributed by atoms with Crippen LogP contribution in [0.2, 0.25) is 0 Å². The first-order chi connectivity index (χ1) is 10.8. The summed E-state index contributed by atoms with van der Waals surface area (Å²) in [6, 6.07) is 11.8. The average Bonchev–Trinajstić information content (AvgIpc) is 2.47. The Morgan fingerprint density at radius 3 is 1.25 bits per heavy atom. The minimum atomic E-state index is -3.65. The van der Waals surface area contributed by atoms with Crippen molar-refractivity contribution in [2.45, 2.75) is 23.6 Å². The maximum Gasteiger partial charge on any atom is 0.221 e. The maximum atomic E-state index is 12.5. The van der Waals surface area contributed by atoms with Gasteiger partial charge in [0.25, 0.3) is 0 Å². The van der Waals surface area contributed by atoms with Crippen LogP contribution in [0.15, 0.2) is 58.3 Å². The summed E-state index contributed by atoms with van der Waals surface area (Å²) in [7, 11) is -3.65. The van der Waals surface area contributed by atoms with E-state index in [0.717, 1.165) is 0 Å². The van der Waals surface area contributed by atoms with Crippen molar-refractivity contribution in [3.63, 3.8) is 0 Å². The van der Waals surface area contributed by atoms with Gasteiger partial charge in [-0.3, -0.25) is 9.59 Å². The molecule has 0 saturated carbocycles. The van der Waals surface area contributed by atoms with Crippen LogP contribution < -0.4 is 10.6 Å². The van der Waals surface area contributed by atoms with Gasteiger partial charge in [-0.05, 0) is 48.5 Å². The van der Waals surface area contributed by atoms with Crippen LogP contribution in [0.25, 0.3) is 0 Å². The SMILES string of the molecule is CC(=O)Nc1ccc(S(=O)(=O)c2ccc(NC(C)=O)cc2)cc1.[Ag]. The maximum absolute atomic E-state index is 12.5. The number of rotatable bonds is 4. The Hall–Kier alpha value is -1.93. The van der Waals surface area contributed by atoms with E-state index in [-0.39, 0.29) is 44.0 Å². The van der Waals surface area contributed by atoms with Gasteiger partial charge in [-0.25, -0.2) is 8.42 Å². The summed E-state index contributed by atoms with van der Waals surface area (Å²) < 4.78 is 25.1. The van der Waals surface area contributed by atoms with Gasteiger partial charge in [0.1, 0.15) is 0 Å². The first-order valence-electron chi connectivity index (χ1n) is 6.79. The van der Waals surface area contributed by atoms with E-state index < -0.39 is 9.84 Å². The molecule has 8 heteroatoms. The van der Waals surface area contributed by atoms with E-state index in [0.29, 0.717) is 11.4 Å². The number of carbonyl (C=O) groups is 2. The molecule has 0 aromatic heterocycles. The third kappa shape index (κ3) is 5.04. The number of nitrogens with one attached hydrogen (secondary N) is 2. The summed E-state index contributed by atoms with van der Waals surface area (Å²) >= 11 is 0. The van der Waals surface area contributed by atoms with E-state index >= 15 is 0 Å². The van der Waals surface area contributed by atoms with Crippen molar-refractivity contribution in [3.8, 4) is 0 Å². The predicted octanol–water partition coefficient (Wildman–Crippen LogP) is 2.43. The summed E-state index contributed by atoms with van der Waals surface area (Å²) in [6.45, 7) is 2.75. The topological polar surface area (TPSA) is 92.3 Å². The third-order valence-electron chi connectivity index (χ3n) is 2.97. The smallest absolute Gasteiger partial charge is 0.221 e. The zero-order valence-electron chi connectivity index (χ0n) is 13.0. The monoisotopic (exact) mass is 439 g/mol. The summed E-state index contributed by atoms with van der Waals surface area (Å²) in [6.07, 6.45) is 0. The van der Waals surface area contributed by atoms with Crippen LogP contribution >= 0.6 is 0 Å². The number of hydrogen-bond acceptors (Lipinski definition) is 4. The predicted molar refractivity (Wildman–Crippen MR) is 86.9 cm³/mol. The molecule has 2 amide bonds. The third-order valence-corrected chi connectivity index (χ3v) is 4.76. The molecule has 0 aliphatic rings. The van der Waals surface area contributed by atoms with E-state index in [1.54, 1.807) is 0 Å². The molecule has 2 aromatic rings. The number of benzene rings is 2. The standard InChI is InChI=1S/C16H16N2O4S.Ag/c1-11(19)17-13-3-7-15(8-4-13)23(21,22)16-9-5-14(6-10-16)18-12(2)20;/h3-10H,1-2H3,(H,17,19)(H,18,20);. The summed E-state index contributed by atoms with van der Waals surface area (Å²) in [5, 5.41) is 5.15. The number of sulfone groups is 1. The molecule has 1 radical (unpaired) electrons. The zero-order chi connectivity index (χ0) is 17.0. The van der Waals surface area contributed by atoms with Gasteiger partial charge in [-0.2, -0.15) is 0 Å². The van der Waals surface area contributed by atoms with Crippen LogP contribution in [0.4, 0.5) is 11.4 Å². The Labute approximate surface area is 156 Å². The number of anilines is 2. The zero-order valence-corrected chi connectivity index (χ0v) is 15.3. The van der Waals surface area contributed by atoms with Crippen LogP contribution in [-0.4, -0.2) is 20.2 Å². The molecule has 131 valence electrons. The van der Waals surface area contributed by atoms with Crippen molar-refractivity contribution in [3.05, 3.63) is 48.5 Å². The first-order valence-corrected chi connectivity index (χ1v) is 8.28. The normalized spacial score (nSPS) is 10.4. The molecule has 0 aliphatic heterocycles. The molecule has 2 rings (SSSR count). The minimum Gasteiger partial charge on any atom is -0.326 e. The summed E-state index contributed by atoms with van der Waals surface area (Å²) in [5.74, 6) is -0.455. The minimum absolute atomic E-state index is 0. The number of amides is 2. The molecule has 0 heterocycles. The molecule has 2 N–H and O–H groups in total. The summed E-state index contributed by atoms with van der Waals surface area (Å²) in [5.41, 5.74) is 1.05. The Balaban J connectivity index is 0.00000288. The molecule has 6 nitrogen and oxygen atoms in total. The Bertz CT molecular complexity index is 766. The van der Waals surface area contributed by atoms with Crippen molar-refractivity contribution in [1.29, 1.82) is 0 Å². The van der Waals surface area contributed by atoms with E-state index in [4.69, 9.17) is 0 Å². The summed E-state index contributed by atoms with van der Waals surface area (Å²) in [4.78, 5) is 22.2. The van der Waals surface area contributed by atoms with Gasteiger partial charge in [0, 0.05) is 47.6 Å². The van der Waals surface area contributed by atoms with Crippen molar-refractivity contribution in [1.82, 2.24) is 0 Å². The van der Waals surface area contributed by atoms with Gasteiger partial charge in [0.15, 0.2) is 0 Å². The Morgan fingerprint density at radius 2 is 1.00 bits per heavy atom. The molecule has 0 spiro atoms. The van der Waals surface area contributed by atoms with Crippen molar-refractivity contribution >= 4 is 33.0 Å². The van der Waals surface area contributed by atoms with Crippen LogP contribution in [0.3, 0.4) is 0 Å². The van der Waals surface area contributed by atoms with Gasteiger partial charge in [-0.1, -0.05) is 0 Å². The van der Waals surface area contributed by atoms with Crippen LogP contribution in [-0.2, 0) is 41.8 Å². The second-order valence-electron chi connectivity index (χ2n) is 4.91.